The summed E-state index contributed by atoms with van der Waals surface area (Å²) in [5.41, 5.74) is 3.37. The minimum Gasteiger partial charge on any atom is -0.326 e. The van der Waals surface area contributed by atoms with Crippen molar-refractivity contribution in [1.82, 2.24) is 19.9 Å². The number of imidazole rings is 1. The van der Waals surface area contributed by atoms with Gasteiger partial charge in [-0.2, -0.15) is 0 Å². The zero-order valence-corrected chi connectivity index (χ0v) is 9.48. The molecule has 84 valence electrons. The third-order valence-electron chi connectivity index (χ3n) is 3.31. The topological polar surface area (TPSA) is 42.7 Å². The van der Waals surface area contributed by atoms with E-state index < -0.39 is 0 Å². The van der Waals surface area contributed by atoms with Crippen molar-refractivity contribution < 1.29 is 0 Å². The van der Waals surface area contributed by atoms with Gasteiger partial charge in [-0.05, 0) is 25.5 Å². The number of fused-ring (bicyclic) bond motifs is 1. The summed E-state index contributed by atoms with van der Waals surface area (Å²) in [6.07, 6.45) is 6.00. The predicted octanol–water partition coefficient (Wildman–Crippen LogP) is 1.53. The summed E-state index contributed by atoms with van der Waals surface area (Å²) in [6, 6.07) is 2.72. The molecule has 1 saturated heterocycles. The van der Waals surface area contributed by atoms with E-state index in [0.29, 0.717) is 6.04 Å². The van der Waals surface area contributed by atoms with E-state index in [-0.39, 0.29) is 0 Å². The van der Waals surface area contributed by atoms with Crippen molar-refractivity contribution in [2.24, 2.45) is 0 Å². The second kappa shape index (κ2) is 3.87. The molecule has 0 aromatic carbocycles. The molecule has 1 atom stereocenters. The van der Waals surface area contributed by atoms with Gasteiger partial charge in [-0.1, -0.05) is 6.92 Å². The van der Waals surface area contributed by atoms with Gasteiger partial charge >= 0.3 is 0 Å². The van der Waals surface area contributed by atoms with E-state index in [0.717, 1.165) is 30.7 Å². The lowest BCUT2D eigenvalue weighted by molar-refractivity contribution is 0.561. The number of pyridine rings is 1. The van der Waals surface area contributed by atoms with Crippen LogP contribution in [0.25, 0.3) is 11.0 Å². The molecule has 4 heteroatoms. The summed E-state index contributed by atoms with van der Waals surface area (Å²) in [4.78, 5) is 8.79. The fourth-order valence-electron chi connectivity index (χ4n) is 2.33. The Hall–Kier alpha value is -1.42. The maximum atomic E-state index is 4.41. The highest BCUT2D eigenvalue weighted by molar-refractivity contribution is 5.74. The van der Waals surface area contributed by atoms with Crippen molar-refractivity contribution in [2.75, 3.05) is 13.1 Å². The Labute approximate surface area is 94.7 Å². The molecule has 0 aliphatic carbocycles. The maximum Gasteiger partial charge on any atom is 0.107 e. The third-order valence-corrected chi connectivity index (χ3v) is 3.31. The number of aryl methyl sites for hydroxylation is 1. The average molecular weight is 216 g/mol. The Bertz CT molecular complexity index is 497. The lowest BCUT2D eigenvalue weighted by Gasteiger charge is -2.11. The van der Waals surface area contributed by atoms with Gasteiger partial charge in [-0.3, -0.25) is 4.98 Å². The molecule has 4 nitrogen and oxygen atoms in total. The second-order valence-electron chi connectivity index (χ2n) is 4.32. The Morgan fingerprint density at radius 3 is 3.19 bits per heavy atom. The van der Waals surface area contributed by atoms with Gasteiger partial charge in [0.1, 0.15) is 5.52 Å². The van der Waals surface area contributed by atoms with Gasteiger partial charge in [0.2, 0.25) is 0 Å². The smallest absolute Gasteiger partial charge is 0.107 e. The number of hydrogen-bond donors (Lipinski definition) is 1. The molecule has 16 heavy (non-hydrogen) atoms. The van der Waals surface area contributed by atoms with E-state index in [1.807, 2.05) is 12.5 Å². The number of hydrogen-bond acceptors (Lipinski definition) is 3. The van der Waals surface area contributed by atoms with Crippen LogP contribution >= 0.6 is 0 Å². The first-order chi connectivity index (χ1) is 7.88. The van der Waals surface area contributed by atoms with Crippen molar-refractivity contribution in [3.63, 3.8) is 0 Å². The maximum absolute atomic E-state index is 4.41. The summed E-state index contributed by atoms with van der Waals surface area (Å²) in [5, 5.41) is 3.39. The van der Waals surface area contributed by atoms with Crippen LogP contribution in [0.15, 0.2) is 18.6 Å². The number of nitrogens with one attached hydrogen (secondary N) is 1. The van der Waals surface area contributed by atoms with E-state index in [1.54, 1.807) is 0 Å². The molecule has 0 unspecified atom stereocenters. The van der Waals surface area contributed by atoms with E-state index in [4.69, 9.17) is 0 Å². The van der Waals surface area contributed by atoms with Crippen molar-refractivity contribution in [3.8, 4) is 0 Å². The van der Waals surface area contributed by atoms with Gasteiger partial charge in [0.05, 0.1) is 18.0 Å². The van der Waals surface area contributed by atoms with Gasteiger partial charge in [0.25, 0.3) is 0 Å². The van der Waals surface area contributed by atoms with Gasteiger partial charge < -0.3 is 9.88 Å². The van der Waals surface area contributed by atoms with Crippen LogP contribution in [0.5, 0.6) is 0 Å². The predicted molar refractivity (Wildman–Crippen MR) is 63.4 cm³/mol. The summed E-state index contributed by atoms with van der Waals surface area (Å²) in [7, 11) is 0. The molecule has 2 aromatic heterocycles. The highest BCUT2D eigenvalue weighted by Crippen LogP contribution is 2.22. The molecule has 0 bridgehead atoms. The first-order valence-corrected chi connectivity index (χ1v) is 5.90. The Kier molecular flexibility index (Phi) is 2.36. The molecule has 1 N–H and O–H groups in total. The Balaban J connectivity index is 2.09. The zero-order chi connectivity index (χ0) is 11.0. The van der Waals surface area contributed by atoms with Gasteiger partial charge in [-0.25, -0.2) is 4.98 Å². The minimum absolute atomic E-state index is 0.553. The highest BCUT2D eigenvalue weighted by atomic mass is 15.1. The van der Waals surface area contributed by atoms with E-state index in [9.17, 15) is 0 Å². The molecule has 3 heterocycles. The summed E-state index contributed by atoms with van der Waals surface area (Å²) < 4.78 is 2.29. The molecule has 0 amide bonds. The van der Waals surface area contributed by atoms with Crippen LogP contribution in [0.3, 0.4) is 0 Å². The van der Waals surface area contributed by atoms with Gasteiger partial charge in [-0.15, -0.1) is 0 Å². The largest absolute Gasteiger partial charge is 0.326 e. The van der Waals surface area contributed by atoms with Gasteiger partial charge in [0, 0.05) is 18.3 Å². The average Bonchev–Trinajstić information content (AvgIpc) is 2.96. The third kappa shape index (κ3) is 1.50. The van der Waals surface area contributed by atoms with Crippen molar-refractivity contribution in [1.29, 1.82) is 0 Å². The minimum atomic E-state index is 0.553. The van der Waals surface area contributed by atoms with Crippen LogP contribution in [0, 0.1) is 0 Å². The fraction of sp³-hybridized carbons (Fsp3) is 0.500. The summed E-state index contributed by atoms with van der Waals surface area (Å²) in [6.45, 7) is 4.29. The Morgan fingerprint density at radius 2 is 2.44 bits per heavy atom. The lowest BCUT2D eigenvalue weighted by Crippen LogP contribution is -2.12. The highest BCUT2D eigenvalue weighted by Gasteiger charge is 2.18. The molecule has 0 spiro atoms. The first kappa shape index (κ1) is 9.78. The van der Waals surface area contributed by atoms with Crippen LogP contribution in [0.4, 0.5) is 0 Å². The normalized spacial score (nSPS) is 20.7. The summed E-state index contributed by atoms with van der Waals surface area (Å²) in [5.74, 6) is 0. The SMILES string of the molecule is CCc1cc2c(cn1)ncn2[C@H]1CCNC1. The number of aromatic nitrogens is 3. The molecular weight excluding hydrogens is 200 g/mol. The number of nitrogens with zero attached hydrogens (tertiary/aromatic N) is 3. The van der Waals surface area contributed by atoms with Crippen LogP contribution < -0.4 is 5.32 Å². The zero-order valence-electron chi connectivity index (χ0n) is 9.48. The van der Waals surface area contributed by atoms with E-state index in [2.05, 4.69) is 32.8 Å². The number of rotatable bonds is 2. The van der Waals surface area contributed by atoms with E-state index >= 15 is 0 Å². The van der Waals surface area contributed by atoms with Crippen LogP contribution in [0.1, 0.15) is 25.1 Å². The van der Waals surface area contributed by atoms with Crippen LogP contribution in [-0.4, -0.2) is 27.6 Å². The molecule has 0 saturated carbocycles. The van der Waals surface area contributed by atoms with Crippen molar-refractivity contribution in [2.45, 2.75) is 25.8 Å². The lowest BCUT2D eigenvalue weighted by atomic mass is 10.2. The Morgan fingerprint density at radius 1 is 1.50 bits per heavy atom. The second-order valence-corrected chi connectivity index (χ2v) is 4.32. The van der Waals surface area contributed by atoms with Crippen LogP contribution in [0.2, 0.25) is 0 Å². The molecule has 3 rings (SSSR count). The molecular formula is C12H16N4. The molecule has 0 radical (unpaired) electrons. The van der Waals surface area contributed by atoms with Crippen molar-refractivity contribution in [3.05, 3.63) is 24.3 Å². The quantitative estimate of drug-likeness (QED) is 0.827. The summed E-state index contributed by atoms with van der Waals surface area (Å²) >= 11 is 0. The van der Waals surface area contributed by atoms with E-state index in [1.165, 1.54) is 11.9 Å². The fourth-order valence-corrected chi connectivity index (χ4v) is 2.33. The van der Waals surface area contributed by atoms with Crippen LogP contribution in [-0.2, 0) is 6.42 Å². The molecule has 2 aromatic rings. The molecule has 1 fully saturated rings. The molecule has 1 aliphatic heterocycles. The first-order valence-electron chi connectivity index (χ1n) is 5.90. The standard InChI is InChI=1S/C12H16N4/c1-2-9-5-12-11(7-14-9)15-8-16(12)10-3-4-13-6-10/h5,7-8,10,13H,2-4,6H2,1H3/t10-/m0/s1. The van der Waals surface area contributed by atoms with Crippen molar-refractivity contribution >= 4 is 11.0 Å². The van der Waals surface area contributed by atoms with Gasteiger partial charge in [0.15, 0.2) is 0 Å². The monoisotopic (exact) mass is 216 g/mol. The molecule has 1 aliphatic rings.